The zero-order valence-electron chi connectivity index (χ0n) is 20.7. The first-order valence-electron chi connectivity index (χ1n) is 9.90. The Kier molecular flexibility index (Phi) is 14.5. The molecule has 2 heterocycles. The van der Waals surface area contributed by atoms with E-state index in [2.05, 4.69) is 22.9 Å². The van der Waals surface area contributed by atoms with Gasteiger partial charge in [0.25, 0.3) is 5.91 Å². The molecule has 4 rings (SSSR count). The zero-order chi connectivity index (χ0) is 24.5. The number of rotatable bonds is 2. The van der Waals surface area contributed by atoms with Gasteiger partial charge in [0, 0.05) is 25.9 Å². The first kappa shape index (κ1) is 32.6. The number of carbonyl (C=O) groups is 2. The number of allylic oxidation sites excluding steroid dienone is 1. The second-order valence-electron chi connectivity index (χ2n) is 7.02. The van der Waals surface area contributed by atoms with Crippen LogP contribution < -0.4 is 48.1 Å². The Hall–Kier alpha value is -2.37. The molecule has 0 spiro atoms. The summed E-state index contributed by atoms with van der Waals surface area (Å²) < 4.78 is 1.31. The van der Waals surface area contributed by atoms with Gasteiger partial charge in [0.2, 0.25) is 0 Å². The molecule has 0 bridgehead atoms. The molecule has 35 heavy (non-hydrogen) atoms. The van der Waals surface area contributed by atoms with E-state index in [1.54, 1.807) is 21.0 Å². The normalized spacial score (nSPS) is 13.1. The summed E-state index contributed by atoms with van der Waals surface area (Å²) in [5.41, 5.74) is 3.28. The van der Waals surface area contributed by atoms with Crippen LogP contribution in [-0.2, 0) is 24.5 Å². The summed E-state index contributed by atoms with van der Waals surface area (Å²) in [6.07, 6.45) is 1.21. The third-order valence-corrected chi connectivity index (χ3v) is 5.48. The van der Waals surface area contributed by atoms with Gasteiger partial charge in [-0.15, -0.1) is 0 Å². The molecule has 0 unspecified atom stereocenters. The van der Waals surface area contributed by atoms with E-state index < -0.39 is 0 Å². The summed E-state index contributed by atoms with van der Waals surface area (Å²) in [7, 11) is 3.26. The van der Waals surface area contributed by atoms with Crippen molar-refractivity contribution in [3.05, 3.63) is 83.7 Å². The molecule has 3 aromatic rings. The van der Waals surface area contributed by atoms with Crippen LogP contribution >= 0.6 is 12.2 Å². The Morgan fingerprint density at radius 2 is 1.46 bits per heavy atom. The van der Waals surface area contributed by atoms with Gasteiger partial charge in [-0.1, -0.05) is 60.7 Å². The largest absolute Gasteiger partial charge is 1.00 e. The first-order chi connectivity index (χ1) is 15.6. The maximum atomic E-state index is 11.8. The third-order valence-electron chi connectivity index (χ3n) is 4.72. The van der Waals surface area contributed by atoms with Crippen molar-refractivity contribution in [1.82, 2.24) is 19.8 Å². The SMILES string of the molecule is C/C(=C1/NC(=S)N(C)C1=O)c1ccccc1.CC(=O)c1ccccc1.Cn1c([O-])cnc1[S-].[Li+].[Li+]. The van der Waals surface area contributed by atoms with E-state index in [9.17, 15) is 14.7 Å². The average molecular weight is 494 g/mol. The molecule has 1 aromatic heterocycles. The fraction of sp³-hybridized carbons (Fsp3) is 0.167. The molecule has 0 radical (unpaired) electrons. The number of Topliss-reactive ketones (excluding diaryl/α,β-unsaturated/α-hetero) is 1. The number of thiocarbonyl (C=S) groups is 1. The van der Waals surface area contributed by atoms with E-state index in [0.717, 1.165) is 16.7 Å². The van der Waals surface area contributed by atoms with E-state index in [-0.39, 0.29) is 55.3 Å². The Labute approximate surface area is 240 Å². The minimum absolute atomic E-state index is 0. The van der Waals surface area contributed by atoms with Crippen molar-refractivity contribution in [3.8, 4) is 5.88 Å². The number of imidazole rings is 1. The van der Waals surface area contributed by atoms with Crippen LogP contribution in [0.15, 0.2) is 77.7 Å². The number of nitrogens with zero attached hydrogens (tertiary/aromatic N) is 3. The monoisotopic (exact) mass is 494 g/mol. The third kappa shape index (κ3) is 9.31. The molecule has 0 aliphatic carbocycles. The fourth-order valence-corrected chi connectivity index (χ4v) is 2.97. The molecule has 1 N–H and O–H groups in total. The maximum absolute atomic E-state index is 11.8. The molecular formula is C24H24Li2N4O3S2. The molecule has 0 saturated carbocycles. The van der Waals surface area contributed by atoms with Gasteiger partial charge < -0.3 is 27.6 Å². The van der Waals surface area contributed by atoms with Crippen LogP contribution in [0.2, 0.25) is 0 Å². The Bertz CT molecular complexity index is 1150. The molecule has 172 valence electrons. The molecule has 11 heteroatoms. The van der Waals surface area contributed by atoms with Gasteiger partial charge in [-0.3, -0.25) is 19.5 Å². The van der Waals surface area contributed by atoms with Gasteiger partial charge in [-0.2, -0.15) is 0 Å². The zero-order valence-corrected chi connectivity index (χ0v) is 22.4. The van der Waals surface area contributed by atoms with Gasteiger partial charge >= 0.3 is 37.7 Å². The second kappa shape index (κ2) is 15.6. The van der Waals surface area contributed by atoms with Crippen LogP contribution in [0, 0.1) is 0 Å². The Morgan fingerprint density at radius 3 is 1.74 bits per heavy atom. The van der Waals surface area contributed by atoms with Crippen LogP contribution in [0.25, 0.3) is 5.57 Å². The number of benzene rings is 2. The minimum atomic E-state index is -0.144. The molecule has 0 atom stereocenters. The van der Waals surface area contributed by atoms with E-state index in [4.69, 9.17) is 12.2 Å². The maximum Gasteiger partial charge on any atom is 1.00 e. The smallest absolute Gasteiger partial charge is 0.859 e. The molecule has 1 fully saturated rings. The van der Waals surface area contributed by atoms with Crippen molar-refractivity contribution < 1.29 is 52.4 Å². The van der Waals surface area contributed by atoms with Gasteiger partial charge in [-0.25, -0.2) is 0 Å². The van der Waals surface area contributed by atoms with Crippen molar-refractivity contribution >= 4 is 47.2 Å². The van der Waals surface area contributed by atoms with Crippen molar-refractivity contribution in [2.24, 2.45) is 7.05 Å². The van der Waals surface area contributed by atoms with E-state index in [1.807, 2.05) is 67.6 Å². The Balaban J connectivity index is 0.000000523. The predicted molar refractivity (Wildman–Crippen MR) is 132 cm³/mol. The summed E-state index contributed by atoms with van der Waals surface area (Å²) in [6.45, 7) is 3.48. The molecular weight excluding hydrogens is 470 g/mol. The predicted octanol–water partition coefficient (Wildman–Crippen LogP) is -2.94. The van der Waals surface area contributed by atoms with Crippen LogP contribution in [0.3, 0.4) is 0 Å². The van der Waals surface area contributed by atoms with Crippen LogP contribution in [-0.4, -0.2) is 38.3 Å². The standard InChI is InChI=1S/C12H12N2OS.C8H8O.C4H6N2OS.2Li/c1-8(9-6-4-3-5-7-9)10-11(15)14(2)12(16)13-10;1-7(9)8-5-3-2-4-6-8;1-6-3(7)2-5-4(6)8;;/h3-7H,1-2H3,(H,13,16);2-6H,1H3;2,7H,1H3,(H,5,8);;/q;;;2*+1/p-2/b10-8-;;;;. The summed E-state index contributed by atoms with van der Waals surface area (Å²) in [5, 5.41) is 14.2. The number of amides is 1. The molecule has 1 aliphatic heterocycles. The number of ketones is 1. The van der Waals surface area contributed by atoms with Gasteiger partial charge in [0.05, 0.1) is 0 Å². The van der Waals surface area contributed by atoms with E-state index >= 15 is 0 Å². The second-order valence-corrected chi connectivity index (χ2v) is 7.77. The molecule has 7 nitrogen and oxygen atoms in total. The van der Waals surface area contributed by atoms with Crippen molar-refractivity contribution in [1.29, 1.82) is 0 Å². The number of likely N-dealkylation sites (N-methyl/N-ethyl adjacent to an activating group) is 1. The summed E-state index contributed by atoms with van der Waals surface area (Å²) >= 11 is 9.65. The van der Waals surface area contributed by atoms with Crippen molar-refractivity contribution in [2.45, 2.75) is 19.0 Å². The minimum Gasteiger partial charge on any atom is -0.859 e. The van der Waals surface area contributed by atoms with Crippen LogP contribution in [0.1, 0.15) is 29.8 Å². The molecule has 1 saturated heterocycles. The molecule has 1 aliphatic rings. The summed E-state index contributed by atoms with van der Waals surface area (Å²) in [5.74, 6) is -0.100. The molecule has 1 amide bonds. The number of hydrogen-bond acceptors (Lipinski definition) is 6. The first-order valence-corrected chi connectivity index (χ1v) is 10.7. The quantitative estimate of drug-likeness (QED) is 0.134. The Morgan fingerprint density at radius 1 is 0.971 bits per heavy atom. The number of hydrogen-bond donors (Lipinski definition) is 1. The number of carbonyl (C=O) groups excluding carboxylic acids is 2. The molecule has 2 aromatic carbocycles. The van der Waals surface area contributed by atoms with Crippen molar-refractivity contribution in [2.75, 3.05) is 7.05 Å². The van der Waals surface area contributed by atoms with Crippen LogP contribution in [0.5, 0.6) is 5.88 Å². The average Bonchev–Trinajstić information content (AvgIpc) is 3.27. The summed E-state index contributed by atoms with van der Waals surface area (Å²) in [6, 6.07) is 19.0. The number of aromatic nitrogens is 2. The van der Waals surface area contributed by atoms with E-state index in [1.165, 1.54) is 15.7 Å². The topological polar surface area (TPSA) is 90.3 Å². The fourth-order valence-electron chi connectivity index (χ4n) is 2.64. The van der Waals surface area contributed by atoms with Gasteiger partial charge in [0.1, 0.15) is 5.70 Å². The number of nitrogens with one attached hydrogen (secondary N) is 1. The van der Waals surface area contributed by atoms with Crippen LogP contribution in [0.4, 0.5) is 0 Å². The van der Waals surface area contributed by atoms with Gasteiger partial charge in [-0.05, 0) is 48.2 Å². The van der Waals surface area contributed by atoms with E-state index in [0.29, 0.717) is 16.0 Å². The van der Waals surface area contributed by atoms with Crippen molar-refractivity contribution in [3.63, 3.8) is 0 Å². The summed E-state index contributed by atoms with van der Waals surface area (Å²) in [4.78, 5) is 27.5. The van der Waals surface area contributed by atoms with Gasteiger partial charge in [0.15, 0.2) is 10.9 Å².